The fourth-order valence-corrected chi connectivity index (χ4v) is 5.18. The molecule has 0 aromatic carbocycles. The van der Waals surface area contributed by atoms with Crippen molar-refractivity contribution in [1.82, 2.24) is 15.1 Å². The molecule has 0 amide bonds. The number of likely N-dealkylation sites (tertiary alicyclic amines) is 2. The number of piperidine rings is 1. The Hall–Kier alpha value is 0.160. The van der Waals surface area contributed by atoms with Gasteiger partial charge in [-0.2, -0.15) is 0 Å². The van der Waals surface area contributed by atoms with Gasteiger partial charge >= 0.3 is 0 Å². The topological polar surface area (TPSA) is 18.5 Å². The van der Waals surface area contributed by atoms with Crippen molar-refractivity contribution in [1.29, 1.82) is 0 Å². The summed E-state index contributed by atoms with van der Waals surface area (Å²) in [7, 11) is 0. The van der Waals surface area contributed by atoms with Gasteiger partial charge in [-0.3, -0.25) is 9.80 Å². The summed E-state index contributed by atoms with van der Waals surface area (Å²) >= 11 is 1.96. The molecule has 0 bridgehead atoms. The lowest BCUT2D eigenvalue weighted by atomic mass is 10.1. The standard InChI is InChI=1S/C17H27N3S.2ClH/c1-2-6-19(7-3-1)9-14-8-16(21-13-14)11-20-10-15-4-5-18-17(15)12-20;;/h8,13,15,17-18H,1-7,9-12H2;2*1H/t15-,17+;;/m0../s1. The second-order valence-electron chi connectivity index (χ2n) is 7.06. The van der Waals surface area contributed by atoms with Gasteiger partial charge in [0, 0.05) is 37.1 Å². The number of halogens is 2. The summed E-state index contributed by atoms with van der Waals surface area (Å²) in [5.74, 6) is 0.915. The van der Waals surface area contributed by atoms with E-state index in [1.54, 1.807) is 4.88 Å². The minimum absolute atomic E-state index is 0. The van der Waals surface area contributed by atoms with Gasteiger partial charge in [0.15, 0.2) is 0 Å². The third kappa shape index (κ3) is 4.83. The molecular weight excluding hydrogens is 349 g/mol. The largest absolute Gasteiger partial charge is 0.312 e. The maximum atomic E-state index is 3.65. The summed E-state index contributed by atoms with van der Waals surface area (Å²) in [6, 6.07) is 3.23. The lowest BCUT2D eigenvalue weighted by Crippen LogP contribution is -2.29. The van der Waals surface area contributed by atoms with E-state index in [-0.39, 0.29) is 24.8 Å². The normalized spacial score (nSPS) is 28.2. The second-order valence-corrected chi connectivity index (χ2v) is 8.06. The summed E-state index contributed by atoms with van der Waals surface area (Å²) in [6.45, 7) is 8.73. The Labute approximate surface area is 156 Å². The fourth-order valence-electron chi connectivity index (χ4n) is 4.26. The Kier molecular flexibility index (Phi) is 7.64. The zero-order chi connectivity index (χ0) is 14.1. The van der Waals surface area contributed by atoms with Crippen molar-refractivity contribution >= 4 is 36.2 Å². The van der Waals surface area contributed by atoms with E-state index < -0.39 is 0 Å². The molecule has 0 saturated carbocycles. The average molecular weight is 378 g/mol. The second kappa shape index (κ2) is 9.02. The molecule has 4 rings (SSSR count). The summed E-state index contributed by atoms with van der Waals surface area (Å²) in [6.07, 6.45) is 5.59. The van der Waals surface area contributed by atoms with Gasteiger partial charge in [-0.25, -0.2) is 0 Å². The van der Waals surface area contributed by atoms with Crippen LogP contribution in [0.15, 0.2) is 11.4 Å². The molecule has 132 valence electrons. The van der Waals surface area contributed by atoms with Crippen molar-refractivity contribution in [2.75, 3.05) is 32.7 Å². The van der Waals surface area contributed by atoms with Gasteiger partial charge in [0.25, 0.3) is 0 Å². The molecule has 0 spiro atoms. The number of nitrogens with zero attached hydrogens (tertiary/aromatic N) is 2. The van der Waals surface area contributed by atoms with E-state index in [4.69, 9.17) is 0 Å². The molecule has 3 fully saturated rings. The van der Waals surface area contributed by atoms with Gasteiger partial charge in [0.2, 0.25) is 0 Å². The molecule has 3 saturated heterocycles. The van der Waals surface area contributed by atoms with E-state index in [2.05, 4.69) is 26.6 Å². The highest BCUT2D eigenvalue weighted by atomic mass is 35.5. The minimum Gasteiger partial charge on any atom is -0.312 e. The number of hydrogen-bond acceptors (Lipinski definition) is 4. The fraction of sp³-hybridized carbons (Fsp3) is 0.765. The average Bonchev–Trinajstić information content (AvgIpc) is 3.17. The van der Waals surface area contributed by atoms with Crippen LogP contribution in [0.25, 0.3) is 0 Å². The van der Waals surface area contributed by atoms with Crippen LogP contribution in [0.3, 0.4) is 0 Å². The van der Waals surface area contributed by atoms with Crippen LogP contribution in [0, 0.1) is 5.92 Å². The SMILES string of the molecule is Cl.Cl.c1sc(CN2C[C@@H]3CCN[C@@H]3C2)cc1CN1CCCCC1. The van der Waals surface area contributed by atoms with Crippen LogP contribution in [-0.4, -0.2) is 48.6 Å². The molecule has 1 aromatic heterocycles. The first-order valence-electron chi connectivity index (χ1n) is 8.61. The first-order valence-corrected chi connectivity index (χ1v) is 9.49. The predicted molar refractivity (Wildman–Crippen MR) is 103 cm³/mol. The van der Waals surface area contributed by atoms with Crippen LogP contribution < -0.4 is 5.32 Å². The highest BCUT2D eigenvalue weighted by Gasteiger charge is 2.35. The van der Waals surface area contributed by atoms with Crippen molar-refractivity contribution < 1.29 is 0 Å². The van der Waals surface area contributed by atoms with Crippen molar-refractivity contribution in [3.05, 3.63) is 21.9 Å². The summed E-state index contributed by atoms with van der Waals surface area (Å²) in [4.78, 5) is 6.83. The maximum absolute atomic E-state index is 3.65. The van der Waals surface area contributed by atoms with E-state index in [0.29, 0.717) is 0 Å². The molecule has 0 unspecified atom stereocenters. The number of hydrogen-bond donors (Lipinski definition) is 1. The van der Waals surface area contributed by atoms with E-state index in [0.717, 1.165) is 12.0 Å². The van der Waals surface area contributed by atoms with Crippen LogP contribution in [0.5, 0.6) is 0 Å². The first kappa shape index (κ1) is 19.5. The highest BCUT2D eigenvalue weighted by molar-refractivity contribution is 7.10. The Morgan fingerprint density at radius 1 is 1.04 bits per heavy atom. The molecule has 0 radical (unpaired) electrons. The summed E-state index contributed by atoms with van der Waals surface area (Å²) in [5.41, 5.74) is 1.54. The van der Waals surface area contributed by atoms with Crippen LogP contribution in [0.4, 0.5) is 0 Å². The van der Waals surface area contributed by atoms with Gasteiger partial charge in [-0.15, -0.1) is 36.2 Å². The van der Waals surface area contributed by atoms with E-state index in [1.165, 1.54) is 77.1 Å². The first-order chi connectivity index (χ1) is 10.4. The molecule has 1 N–H and O–H groups in total. The van der Waals surface area contributed by atoms with Gasteiger partial charge < -0.3 is 5.32 Å². The Balaban J connectivity index is 0.000000960. The Bertz CT molecular complexity index is 464. The van der Waals surface area contributed by atoms with E-state index in [9.17, 15) is 0 Å². The molecule has 6 heteroatoms. The zero-order valence-corrected chi connectivity index (χ0v) is 16.2. The van der Waals surface area contributed by atoms with Crippen LogP contribution in [-0.2, 0) is 13.1 Å². The van der Waals surface area contributed by atoms with Crippen molar-refractivity contribution in [3.8, 4) is 0 Å². The predicted octanol–water partition coefficient (Wildman–Crippen LogP) is 3.37. The number of fused-ring (bicyclic) bond motifs is 1. The van der Waals surface area contributed by atoms with E-state index in [1.807, 2.05) is 11.3 Å². The lowest BCUT2D eigenvalue weighted by Gasteiger charge is -2.25. The number of nitrogens with one attached hydrogen (secondary N) is 1. The monoisotopic (exact) mass is 377 g/mol. The summed E-state index contributed by atoms with van der Waals surface area (Å²) in [5, 5.41) is 6.04. The highest BCUT2D eigenvalue weighted by Crippen LogP contribution is 2.27. The zero-order valence-electron chi connectivity index (χ0n) is 13.7. The molecule has 0 aliphatic carbocycles. The van der Waals surface area contributed by atoms with Crippen LogP contribution >= 0.6 is 36.2 Å². The molecule has 1 aromatic rings. The quantitative estimate of drug-likeness (QED) is 0.867. The molecule has 2 atom stereocenters. The third-order valence-electron chi connectivity index (χ3n) is 5.38. The Morgan fingerprint density at radius 3 is 2.65 bits per heavy atom. The maximum Gasteiger partial charge on any atom is 0.0328 e. The number of rotatable bonds is 4. The molecule has 23 heavy (non-hydrogen) atoms. The van der Waals surface area contributed by atoms with Crippen molar-refractivity contribution in [2.24, 2.45) is 5.92 Å². The van der Waals surface area contributed by atoms with Crippen molar-refractivity contribution in [3.63, 3.8) is 0 Å². The lowest BCUT2D eigenvalue weighted by molar-refractivity contribution is 0.221. The van der Waals surface area contributed by atoms with Gasteiger partial charge in [-0.05, 0) is 61.8 Å². The third-order valence-corrected chi connectivity index (χ3v) is 6.35. The van der Waals surface area contributed by atoms with Gasteiger partial charge in [-0.1, -0.05) is 6.42 Å². The number of thiophene rings is 1. The van der Waals surface area contributed by atoms with Gasteiger partial charge in [0.1, 0.15) is 0 Å². The molecular formula is C17H29Cl2N3S. The molecule has 3 aliphatic rings. The minimum atomic E-state index is 0. The van der Waals surface area contributed by atoms with Crippen LogP contribution in [0.2, 0.25) is 0 Å². The molecule has 3 aliphatic heterocycles. The Morgan fingerprint density at radius 2 is 1.87 bits per heavy atom. The van der Waals surface area contributed by atoms with Gasteiger partial charge in [0.05, 0.1) is 0 Å². The summed E-state index contributed by atoms with van der Waals surface area (Å²) < 4.78 is 0. The smallest absolute Gasteiger partial charge is 0.0328 e. The van der Waals surface area contributed by atoms with E-state index >= 15 is 0 Å². The van der Waals surface area contributed by atoms with Crippen molar-refractivity contribution in [2.45, 2.75) is 44.8 Å². The molecule has 4 heterocycles. The molecule has 3 nitrogen and oxygen atoms in total. The van der Waals surface area contributed by atoms with Crippen LogP contribution in [0.1, 0.15) is 36.1 Å².